The molecule has 9 nitrogen and oxygen atoms in total. The molecule has 3 aromatic carbocycles. The molecule has 0 heterocycles. The van der Waals surface area contributed by atoms with Gasteiger partial charge in [-0.15, -0.1) is 0 Å². The van der Waals surface area contributed by atoms with E-state index in [1.54, 1.807) is 12.1 Å². The van der Waals surface area contributed by atoms with Crippen LogP contribution in [0.1, 0.15) is 44.7 Å². The topological polar surface area (TPSA) is 145 Å². The fourth-order valence-corrected chi connectivity index (χ4v) is 4.39. The highest BCUT2D eigenvalue weighted by molar-refractivity contribution is 6.34. The standard InChI is InChI=1S/C28H26ClN3O6/c29-22-14-18(24(34)30-15-17-5-4-8-20(33)13-17)9-10-21(22)25(35)32-23(26(36)37)16-31-27(38)28(11-12-28)19-6-2-1-3-7-19/h1-10,13-14,23,33H,11-12,15-16H2,(H,30,34)(H,31,38)(H,32,35)(H,36,37)/t23-/m0/s1. The maximum absolute atomic E-state index is 12.8. The summed E-state index contributed by atoms with van der Waals surface area (Å²) in [4.78, 5) is 49.9. The molecule has 1 aliphatic rings. The van der Waals surface area contributed by atoms with E-state index in [4.69, 9.17) is 11.6 Å². The second-order valence-corrected chi connectivity index (χ2v) is 9.48. The lowest BCUT2D eigenvalue weighted by atomic mass is 9.95. The van der Waals surface area contributed by atoms with Gasteiger partial charge in [0.25, 0.3) is 11.8 Å². The largest absolute Gasteiger partial charge is 0.508 e. The van der Waals surface area contributed by atoms with Crippen LogP contribution < -0.4 is 16.0 Å². The number of hydrogen-bond donors (Lipinski definition) is 5. The van der Waals surface area contributed by atoms with Crippen molar-refractivity contribution in [3.8, 4) is 5.75 Å². The van der Waals surface area contributed by atoms with Gasteiger partial charge in [-0.25, -0.2) is 4.79 Å². The monoisotopic (exact) mass is 535 g/mol. The molecule has 0 unspecified atom stereocenters. The van der Waals surface area contributed by atoms with Gasteiger partial charge in [-0.3, -0.25) is 14.4 Å². The minimum absolute atomic E-state index is 0.0169. The van der Waals surface area contributed by atoms with Crippen LogP contribution in [0.2, 0.25) is 5.02 Å². The van der Waals surface area contributed by atoms with Crippen molar-refractivity contribution in [1.29, 1.82) is 0 Å². The molecule has 0 saturated heterocycles. The SMILES string of the molecule is O=C(NCc1cccc(O)c1)c1ccc(C(=O)N[C@@H](CNC(=O)C2(c3ccccc3)CC2)C(=O)O)c(Cl)c1. The van der Waals surface area contributed by atoms with Crippen molar-refractivity contribution in [2.45, 2.75) is 30.8 Å². The van der Waals surface area contributed by atoms with Crippen molar-refractivity contribution in [3.05, 3.63) is 100 Å². The molecule has 10 heteroatoms. The Bertz CT molecular complexity index is 1370. The molecule has 4 rings (SSSR count). The third-order valence-electron chi connectivity index (χ3n) is 6.42. The molecule has 0 aliphatic heterocycles. The summed E-state index contributed by atoms with van der Waals surface area (Å²) in [7, 11) is 0. The molecular formula is C28H26ClN3O6. The van der Waals surface area contributed by atoms with E-state index < -0.39 is 29.2 Å². The molecule has 196 valence electrons. The van der Waals surface area contributed by atoms with Crippen molar-refractivity contribution < 1.29 is 29.4 Å². The van der Waals surface area contributed by atoms with Crippen molar-refractivity contribution in [3.63, 3.8) is 0 Å². The number of benzene rings is 3. The summed E-state index contributed by atoms with van der Waals surface area (Å²) in [6.45, 7) is -0.133. The van der Waals surface area contributed by atoms with Crippen LogP contribution in [0.5, 0.6) is 5.75 Å². The molecule has 1 atom stereocenters. The smallest absolute Gasteiger partial charge is 0.328 e. The summed E-state index contributed by atoms with van der Waals surface area (Å²) >= 11 is 6.24. The fraction of sp³-hybridized carbons (Fsp3) is 0.214. The number of rotatable bonds is 10. The highest BCUT2D eigenvalue weighted by Crippen LogP contribution is 2.48. The average Bonchev–Trinajstić information content (AvgIpc) is 3.72. The number of nitrogens with one attached hydrogen (secondary N) is 3. The van der Waals surface area contributed by atoms with E-state index in [9.17, 15) is 29.4 Å². The van der Waals surface area contributed by atoms with Crippen molar-refractivity contribution in [2.75, 3.05) is 6.54 Å². The quantitative estimate of drug-likeness (QED) is 0.270. The van der Waals surface area contributed by atoms with E-state index in [0.717, 1.165) is 5.56 Å². The summed E-state index contributed by atoms with van der Waals surface area (Å²) in [6.07, 6.45) is 1.33. The number of aromatic hydroxyl groups is 1. The number of hydrogen-bond acceptors (Lipinski definition) is 5. The first-order valence-corrected chi connectivity index (χ1v) is 12.3. The maximum atomic E-state index is 12.8. The Morgan fingerprint density at radius 3 is 2.26 bits per heavy atom. The summed E-state index contributed by atoms with van der Waals surface area (Å²) in [5.74, 6) is -2.73. The number of carbonyl (C=O) groups is 4. The maximum Gasteiger partial charge on any atom is 0.328 e. The summed E-state index contributed by atoms with van der Waals surface area (Å²) < 4.78 is 0. The van der Waals surface area contributed by atoms with E-state index in [1.165, 1.54) is 30.3 Å². The number of aliphatic carboxylic acids is 1. The number of carboxylic acid groups (broad SMARTS) is 1. The molecular weight excluding hydrogens is 510 g/mol. The number of phenols is 1. The summed E-state index contributed by atoms with van der Waals surface area (Å²) in [5, 5.41) is 26.8. The lowest BCUT2D eigenvalue weighted by Gasteiger charge is -2.19. The first-order chi connectivity index (χ1) is 18.2. The predicted molar refractivity (Wildman–Crippen MR) is 140 cm³/mol. The van der Waals surface area contributed by atoms with Gasteiger partial charge in [-0.1, -0.05) is 54.1 Å². The first kappa shape index (κ1) is 26.7. The van der Waals surface area contributed by atoms with Crippen LogP contribution in [0, 0.1) is 0 Å². The highest BCUT2D eigenvalue weighted by atomic mass is 35.5. The average molecular weight is 536 g/mol. The second-order valence-electron chi connectivity index (χ2n) is 9.07. The normalized spacial score (nSPS) is 14.1. The highest BCUT2D eigenvalue weighted by Gasteiger charge is 2.51. The third-order valence-corrected chi connectivity index (χ3v) is 6.73. The summed E-state index contributed by atoms with van der Waals surface area (Å²) in [6, 6.07) is 18.4. The number of amides is 3. The van der Waals surface area contributed by atoms with E-state index in [2.05, 4.69) is 16.0 Å². The molecule has 1 saturated carbocycles. The van der Waals surface area contributed by atoms with Crippen LogP contribution in [0.3, 0.4) is 0 Å². The Balaban J connectivity index is 1.35. The molecule has 0 bridgehead atoms. The molecule has 0 spiro atoms. The van der Waals surface area contributed by atoms with Gasteiger partial charge in [0.05, 0.1) is 16.0 Å². The molecule has 38 heavy (non-hydrogen) atoms. The van der Waals surface area contributed by atoms with Crippen LogP contribution in [0.15, 0.2) is 72.8 Å². The van der Waals surface area contributed by atoms with Gasteiger partial charge in [0, 0.05) is 18.7 Å². The van der Waals surface area contributed by atoms with Crippen molar-refractivity contribution >= 4 is 35.3 Å². The second kappa shape index (κ2) is 11.4. The molecule has 0 aromatic heterocycles. The lowest BCUT2D eigenvalue weighted by molar-refractivity contribution is -0.139. The van der Waals surface area contributed by atoms with Gasteiger partial charge >= 0.3 is 5.97 Å². The predicted octanol–water partition coefficient (Wildman–Crippen LogP) is 3.01. The van der Waals surface area contributed by atoms with E-state index in [-0.39, 0.29) is 40.9 Å². The van der Waals surface area contributed by atoms with Gasteiger partial charge < -0.3 is 26.2 Å². The number of halogens is 1. The fourth-order valence-electron chi connectivity index (χ4n) is 4.12. The third kappa shape index (κ3) is 6.12. The number of phenolic OH excluding ortho intramolecular Hbond substituents is 1. The zero-order valence-electron chi connectivity index (χ0n) is 20.2. The molecule has 5 N–H and O–H groups in total. The van der Waals surface area contributed by atoms with Crippen molar-refractivity contribution in [1.82, 2.24) is 16.0 Å². The lowest BCUT2D eigenvalue weighted by Crippen LogP contribution is -2.50. The number of carboxylic acids is 1. The minimum Gasteiger partial charge on any atom is -0.508 e. The van der Waals surface area contributed by atoms with E-state index in [1.807, 2.05) is 30.3 Å². The Morgan fingerprint density at radius 1 is 0.895 bits per heavy atom. The molecule has 0 radical (unpaired) electrons. The molecule has 1 fully saturated rings. The van der Waals surface area contributed by atoms with Gasteiger partial charge in [0.2, 0.25) is 5.91 Å². The van der Waals surface area contributed by atoms with Crippen LogP contribution in [-0.2, 0) is 21.5 Å². The Morgan fingerprint density at radius 2 is 1.63 bits per heavy atom. The minimum atomic E-state index is -1.39. The van der Waals surface area contributed by atoms with Gasteiger partial charge in [0.1, 0.15) is 11.8 Å². The van der Waals surface area contributed by atoms with Crippen LogP contribution in [0.4, 0.5) is 0 Å². The van der Waals surface area contributed by atoms with Gasteiger partial charge in [-0.2, -0.15) is 0 Å². The van der Waals surface area contributed by atoms with E-state index in [0.29, 0.717) is 18.4 Å². The zero-order chi connectivity index (χ0) is 27.3. The Hall–Kier alpha value is -4.37. The van der Waals surface area contributed by atoms with Crippen LogP contribution >= 0.6 is 11.6 Å². The molecule has 1 aliphatic carbocycles. The molecule has 3 aromatic rings. The van der Waals surface area contributed by atoms with Crippen LogP contribution in [0.25, 0.3) is 0 Å². The summed E-state index contributed by atoms with van der Waals surface area (Å²) in [5.41, 5.74) is 1.07. The van der Waals surface area contributed by atoms with Crippen LogP contribution in [-0.4, -0.2) is 46.5 Å². The Kier molecular flexibility index (Phi) is 7.97. The molecule has 3 amide bonds. The van der Waals surface area contributed by atoms with Gasteiger partial charge in [0.15, 0.2) is 0 Å². The van der Waals surface area contributed by atoms with Crippen molar-refractivity contribution in [2.24, 2.45) is 0 Å². The number of carbonyl (C=O) groups excluding carboxylic acids is 3. The Labute approximate surface area is 223 Å². The van der Waals surface area contributed by atoms with Gasteiger partial charge in [-0.05, 0) is 54.3 Å². The van der Waals surface area contributed by atoms with E-state index >= 15 is 0 Å². The first-order valence-electron chi connectivity index (χ1n) is 11.9. The zero-order valence-corrected chi connectivity index (χ0v) is 21.0.